The third-order valence-corrected chi connectivity index (χ3v) is 7.06. The fourth-order valence-electron chi connectivity index (χ4n) is 3.34. The summed E-state index contributed by atoms with van der Waals surface area (Å²) in [7, 11) is -3.84. The van der Waals surface area contributed by atoms with Crippen molar-refractivity contribution in [1.82, 2.24) is 0 Å². The number of hydrogen-bond donors (Lipinski definition) is 3. The molecule has 3 N–H and O–H groups in total. The minimum atomic E-state index is -3.84. The van der Waals surface area contributed by atoms with Crippen molar-refractivity contribution in [2.75, 3.05) is 15.4 Å². The first kappa shape index (κ1) is 22.6. The molecule has 0 saturated carbocycles. The van der Waals surface area contributed by atoms with Gasteiger partial charge in [0, 0.05) is 16.9 Å². The predicted molar refractivity (Wildman–Crippen MR) is 135 cm³/mol. The summed E-state index contributed by atoms with van der Waals surface area (Å²) < 4.78 is 28.5. The Morgan fingerprint density at radius 3 is 2.39 bits per heavy atom. The summed E-state index contributed by atoms with van der Waals surface area (Å²) in [6.07, 6.45) is 0.855. The van der Waals surface area contributed by atoms with Gasteiger partial charge in [0.25, 0.3) is 10.0 Å². The van der Waals surface area contributed by atoms with Crippen LogP contribution in [0.15, 0.2) is 94.5 Å². The summed E-state index contributed by atoms with van der Waals surface area (Å²) >= 11 is 1.52. The number of amides is 2. The topological polar surface area (TPSA) is 87.3 Å². The van der Waals surface area contributed by atoms with Gasteiger partial charge in [-0.05, 0) is 70.8 Å². The highest BCUT2D eigenvalue weighted by Crippen LogP contribution is 2.32. The number of urea groups is 1. The van der Waals surface area contributed by atoms with Crippen LogP contribution in [0.3, 0.4) is 0 Å². The minimum Gasteiger partial charge on any atom is -0.308 e. The van der Waals surface area contributed by atoms with E-state index in [9.17, 15) is 13.2 Å². The number of nitrogens with one attached hydrogen (secondary N) is 3. The molecule has 0 aliphatic rings. The molecule has 3 aromatic carbocycles. The van der Waals surface area contributed by atoms with Crippen LogP contribution in [0.1, 0.15) is 12.5 Å². The molecule has 8 heteroatoms. The molecule has 0 atom stereocenters. The van der Waals surface area contributed by atoms with Gasteiger partial charge in [-0.25, -0.2) is 13.2 Å². The van der Waals surface area contributed by atoms with E-state index in [0.29, 0.717) is 17.1 Å². The van der Waals surface area contributed by atoms with E-state index in [0.717, 1.165) is 23.1 Å². The van der Waals surface area contributed by atoms with E-state index in [-0.39, 0.29) is 4.90 Å². The fraction of sp³-hybridized carbons (Fsp3) is 0.0800. The number of benzene rings is 3. The van der Waals surface area contributed by atoms with E-state index in [1.165, 1.54) is 23.5 Å². The quantitative estimate of drug-likeness (QED) is 0.287. The third-order valence-electron chi connectivity index (χ3n) is 5.00. The van der Waals surface area contributed by atoms with Crippen molar-refractivity contribution in [3.63, 3.8) is 0 Å². The summed E-state index contributed by atoms with van der Waals surface area (Å²) in [5.74, 6) is 0. The molecule has 0 saturated heterocycles. The van der Waals surface area contributed by atoms with Gasteiger partial charge >= 0.3 is 6.03 Å². The molecular weight excluding hydrogens is 454 g/mol. The van der Waals surface area contributed by atoms with Crippen molar-refractivity contribution in [1.29, 1.82) is 0 Å². The molecular formula is C25H23N3O3S2. The molecule has 33 heavy (non-hydrogen) atoms. The number of sulfonamides is 1. The van der Waals surface area contributed by atoms with E-state index in [1.54, 1.807) is 30.3 Å². The Labute approximate surface area is 197 Å². The standard InChI is InChI=1S/C25H23N3O3S2/c1-2-18-7-6-10-21(15-18)26-25(29)27-24-16-22(11-12-23(24)19-13-14-32-17-19)33(30,31)28-20-8-4-3-5-9-20/h3-17,28H,2H2,1H3,(H2,26,27,29). The summed E-state index contributed by atoms with van der Waals surface area (Å²) in [6, 6.07) is 22.4. The highest BCUT2D eigenvalue weighted by atomic mass is 32.2. The Kier molecular flexibility index (Phi) is 6.76. The van der Waals surface area contributed by atoms with Crippen molar-refractivity contribution in [2.24, 2.45) is 0 Å². The van der Waals surface area contributed by atoms with Crippen LogP contribution < -0.4 is 15.4 Å². The lowest BCUT2D eigenvalue weighted by Gasteiger charge is -2.15. The maximum atomic E-state index is 13.0. The van der Waals surface area contributed by atoms with Gasteiger partial charge in [-0.15, -0.1) is 0 Å². The summed E-state index contributed by atoms with van der Waals surface area (Å²) in [5, 5.41) is 9.52. The SMILES string of the molecule is CCc1cccc(NC(=O)Nc2cc(S(=O)(=O)Nc3ccccc3)ccc2-c2ccsc2)c1. The number of aryl methyl sites for hydroxylation is 1. The van der Waals surface area contributed by atoms with Crippen LogP contribution in [0.2, 0.25) is 0 Å². The number of thiophene rings is 1. The Hall–Kier alpha value is -3.62. The van der Waals surface area contributed by atoms with Gasteiger partial charge < -0.3 is 10.6 Å². The second-order valence-electron chi connectivity index (χ2n) is 7.32. The molecule has 6 nitrogen and oxygen atoms in total. The maximum absolute atomic E-state index is 13.0. The molecule has 0 unspecified atom stereocenters. The van der Waals surface area contributed by atoms with Crippen LogP contribution in [-0.2, 0) is 16.4 Å². The lowest BCUT2D eigenvalue weighted by Crippen LogP contribution is -2.20. The number of rotatable bonds is 7. The molecule has 168 valence electrons. The van der Waals surface area contributed by atoms with E-state index in [1.807, 2.05) is 54.1 Å². The molecule has 0 radical (unpaired) electrons. The van der Waals surface area contributed by atoms with Crippen LogP contribution >= 0.6 is 11.3 Å². The number of para-hydroxylation sites is 1. The fourth-order valence-corrected chi connectivity index (χ4v) is 5.08. The van der Waals surface area contributed by atoms with Crippen LogP contribution in [0.25, 0.3) is 11.1 Å². The lowest BCUT2D eigenvalue weighted by atomic mass is 10.1. The normalized spacial score (nSPS) is 11.1. The highest BCUT2D eigenvalue weighted by Gasteiger charge is 2.18. The molecule has 0 spiro atoms. The zero-order valence-corrected chi connectivity index (χ0v) is 19.5. The van der Waals surface area contributed by atoms with Crippen molar-refractivity contribution < 1.29 is 13.2 Å². The third kappa shape index (κ3) is 5.60. The van der Waals surface area contributed by atoms with Crippen LogP contribution in [0.5, 0.6) is 0 Å². The maximum Gasteiger partial charge on any atom is 0.323 e. The minimum absolute atomic E-state index is 0.0496. The molecule has 4 aromatic rings. The van der Waals surface area contributed by atoms with Gasteiger partial charge in [-0.2, -0.15) is 11.3 Å². The first-order chi connectivity index (χ1) is 15.9. The first-order valence-electron chi connectivity index (χ1n) is 10.4. The van der Waals surface area contributed by atoms with Crippen molar-refractivity contribution in [3.05, 3.63) is 95.2 Å². The molecule has 0 bridgehead atoms. The van der Waals surface area contributed by atoms with Crippen LogP contribution in [0.4, 0.5) is 21.9 Å². The van der Waals surface area contributed by atoms with E-state index in [2.05, 4.69) is 15.4 Å². The first-order valence-corrected chi connectivity index (χ1v) is 12.8. The highest BCUT2D eigenvalue weighted by molar-refractivity contribution is 7.92. The van der Waals surface area contributed by atoms with Gasteiger partial charge in [0.1, 0.15) is 0 Å². The zero-order chi connectivity index (χ0) is 23.3. The van der Waals surface area contributed by atoms with E-state index < -0.39 is 16.1 Å². The molecule has 1 aromatic heterocycles. The van der Waals surface area contributed by atoms with Crippen LogP contribution in [0, 0.1) is 0 Å². The molecule has 2 amide bonds. The number of anilines is 3. The Morgan fingerprint density at radius 1 is 0.879 bits per heavy atom. The Balaban J connectivity index is 1.63. The largest absolute Gasteiger partial charge is 0.323 e. The summed E-state index contributed by atoms with van der Waals surface area (Å²) in [4.78, 5) is 12.8. The molecule has 4 rings (SSSR count). The number of carbonyl (C=O) groups excluding carboxylic acids is 1. The number of carbonyl (C=O) groups is 1. The summed E-state index contributed by atoms with van der Waals surface area (Å²) in [5.41, 5.74) is 4.25. The Morgan fingerprint density at radius 2 is 1.67 bits per heavy atom. The van der Waals surface area contributed by atoms with Crippen molar-refractivity contribution in [3.8, 4) is 11.1 Å². The average Bonchev–Trinajstić information content (AvgIpc) is 3.34. The molecule has 0 aliphatic carbocycles. The molecule has 0 fully saturated rings. The smallest absolute Gasteiger partial charge is 0.308 e. The second kappa shape index (κ2) is 9.89. The molecule has 0 aliphatic heterocycles. The van der Waals surface area contributed by atoms with Crippen molar-refractivity contribution in [2.45, 2.75) is 18.2 Å². The van der Waals surface area contributed by atoms with Crippen LogP contribution in [-0.4, -0.2) is 14.4 Å². The van der Waals surface area contributed by atoms with Gasteiger partial charge in [0.2, 0.25) is 0 Å². The number of hydrogen-bond acceptors (Lipinski definition) is 4. The van der Waals surface area contributed by atoms with Crippen molar-refractivity contribution >= 4 is 44.5 Å². The van der Waals surface area contributed by atoms with E-state index in [4.69, 9.17) is 0 Å². The zero-order valence-electron chi connectivity index (χ0n) is 17.9. The average molecular weight is 478 g/mol. The Bertz CT molecular complexity index is 1350. The summed E-state index contributed by atoms with van der Waals surface area (Å²) in [6.45, 7) is 2.04. The monoisotopic (exact) mass is 477 g/mol. The van der Waals surface area contributed by atoms with Gasteiger partial charge in [-0.1, -0.05) is 43.3 Å². The van der Waals surface area contributed by atoms with Gasteiger partial charge in [0.15, 0.2) is 0 Å². The second-order valence-corrected chi connectivity index (χ2v) is 9.79. The van der Waals surface area contributed by atoms with Gasteiger partial charge in [-0.3, -0.25) is 4.72 Å². The van der Waals surface area contributed by atoms with E-state index >= 15 is 0 Å². The molecule has 1 heterocycles. The van der Waals surface area contributed by atoms with Gasteiger partial charge in [0.05, 0.1) is 10.6 Å². The lowest BCUT2D eigenvalue weighted by molar-refractivity contribution is 0.262. The predicted octanol–water partition coefficient (Wildman–Crippen LogP) is 6.42.